The Morgan fingerprint density at radius 3 is 2.85 bits per heavy atom. The Morgan fingerprint density at radius 1 is 1.40 bits per heavy atom. The van der Waals surface area contributed by atoms with E-state index in [-0.39, 0.29) is 16.9 Å². The highest BCUT2D eigenvalue weighted by atomic mass is 35.5. The Labute approximate surface area is 123 Å². The van der Waals surface area contributed by atoms with Crippen molar-refractivity contribution in [2.45, 2.75) is 32.9 Å². The summed E-state index contributed by atoms with van der Waals surface area (Å²) in [6.45, 7) is 5.84. The number of aryl methyl sites for hydroxylation is 1. The average molecular weight is 296 g/mol. The van der Waals surface area contributed by atoms with Gasteiger partial charge in [0.05, 0.1) is 5.02 Å². The van der Waals surface area contributed by atoms with Gasteiger partial charge in [-0.25, -0.2) is 9.37 Å². The van der Waals surface area contributed by atoms with E-state index in [9.17, 15) is 4.39 Å². The number of nitrogens with zero attached hydrogens (tertiary/aromatic N) is 2. The molecule has 0 aliphatic heterocycles. The maximum absolute atomic E-state index is 13.3. The third kappa shape index (κ3) is 3.38. The van der Waals surface area contributed by atoms with E-state index < -0.39 is 0 Å². The van der Waals surface area contributed by atoms with Gasteiger partial charge in [0, 0.05) is 31.4 Å². The van der Waals surface area contributed by atoms with E-state index in [1.54, 1.807) is 18.3 Å². The lowest BCUT2D eigenvalue weighted by atomic mass is 10.0. The number of halogens is 2. The van der Waals surface area contributed by atoms with Gasteiger partial charge < -0.3 is 9.88 Å². The van der Waals surface area contributed by atoms with E-state index >= 15 is 0 Å². The second-order valence-corrected chi connectivity index (χ2v) is 5.02. The molecule has 1 aromatic heterocycles. The summed E-state index contributed by atoms with van der Waals surface area (Å²) in [4.78, 5) is 4.39. The van der Waals surface area contributed by atoms with E-state index in [4.69, 9.17) is 11.6 Å². The first kappa shape index (κ1) is 15.0. The van der Waals surface area contributed by atoms with E-state index in [1.807, 2.05) is 13.1 Å². The van der Waals surface area contributed by atoms with E-state index in [1.165, 1.54) is 6.07 Å². The molecule has 0 radical (unpaired) electrons. The Bertz CT molecular complexity index is 568. The quantitative estimate of drug-likeness (QED) is 0.882. The zero-order valence-corrected chi connectivity index (χ0v) is 12.5. The summed E-state index contributed by atoms with van der Waals surface area (Å²) in [5.74, 6) is 0.625. The lowest BCUT2D eigenvalue weighted by Crippen LogP contribution is -2.24. The Balaban J connectivity index is 2.24. The van der Waals surface area contributed by atoms with Gasteiger partial charge >= 0.3 is 0 Å². The topological polar surface area (TPSA) is 29.9 Å². The Morgan fingerprint density at radius 2 is 2.20 bits per heavy atom. The lowest BCUT2D eigenvalue weighted by molar-refractivity contribution is 0.520. The average Bonchev–Trinajstić information content (AvgIpc) is 2.88. The molecule has 1 heterocycles. The number of rotatable bonds is 6. The van der Waals surface area contributed by atoms with Gasteiger partial charge in [-0.05, 0) is 31.2 Å². The molecule has 2 rings (SSSR count). The number of hydrogen-bond donors (Lipinski definition) is 1. The first-order valence-corrected chi connectivity index (χ1v) is 7.21. The molecule has 3 nitrogen and oxygen atoms in total. The molecule has 0 saturated carbocycles. The fourth-order valence-corrected chi connectivity index (χ4v) is 2.47. The van der Waals surface area contributed by atoms with Gasteiger partial charge in [0.25, 0.3) is 0 Å². The molecule has 0 aliphatic rings. The predicted molar refractivity (Wildman–Crippen MR) is 79.4 cm³/mol. The largest absolute Gasteiger partial charge is 0.335 e. The van der Waals surface area contributed by atoms with Crippen molar-refractivity contribution in [2.75, 3.05) is 6.54 Å². The highest BCUT2D eigenvalue weighted by molar-refractivity contribution is 6.30. The molecule has 5 heteroatoms. The standard InChI is InChI=1S/C15H19ClFN3/c1-3-18-14(10-15-19-7-8-20(15)4-2)11-5-6-13(17)12(16)9-11/h5-9,14,18H,3-4,10H2,1-2H3. The van der Waals surface area contributed by atoms with Crippen LogP contribution in [0.25, 0.3) is 0 Å². The number of imidazole rings is 1. The molecule has 108 valence electrons. The van der Waals surface area contributed by atoms with Crippen molar-refractivity contribution >= 4 is 11.6 Å². The van der Waals surface area contributed by atoms with Crippen molar-refractivity contribution in [1.29, 1.82) is 0 Å². The fourth-order valence-electron chi connectivity index (χ4n) is 2.28. The molecule has 0 fully saturated rings. The molecule has 0 aliphatic carbocycles. The summed E-state index contributed by atoms with van der Waals surface area (Å²) in [6.07, 6.45) is 4.52. The van der Waals surface area contributed by atoms with Crippen LogP contribution >= 0.6 is 11.6 Å². The monoisotopic (exact) mass is 295 g/mol. The number of nitrogens with one attached hydrogen (secondary N) is 1. The van der Waals surface area contributed by atoms with Gasteiger partial charge in [0.1, 0.15) is 11.6 Å². The van der Waals surface area contributed by atoms with Crippen LogP contribution < -0.4 is 5.32 Å². The van der Waals surface area contributed by atoms with Gasteiger partial charge in [0.15, 0.2) is 0 Å². The molecule has 1 atom stereocenters. The first-order chi connectivity index (χ1) is 9.65. The number of likely N-dealkylation sites (N-methyl/N-ethyl adjacent to an activating group) is 1. The third-order valence-corrected chi connectivity index (χ3v) is 3.62. The van der Waals surface area contributed by atoms with Gasteiger partial charge in [-0.2, -0.15) is 0 Å². The van der Waals surface area contributed by atoms with Gasteiger partial charge in [0.2, 0.25) is 0 Å². The van der Waals surface area contributed by atoms with Crippen LogP contribution in [0, 0.1) is 5.82 Å². The normalized spacial score (nSPS) is 12.6. The van der Waals surface area contributed by atoms with E-state index in [0.717, 1.165) is 30.9 Å². The van der Waals surface area contributed by atoms with Crippen LogP contribution in [0.2, 0.25) is 5.02 Å². The van der Waals surface area contributed by atoms with Crippen molar-refractivity contribution in [3.8, 4) is 0 Å². The SMILES string of the molecule is CCNC(Cc1nccn1CC)c1ccc(F)c(Cl)c1. The lowest BCUT2D eigenvalue weighted by Gasteiger charge is -2.19. The zero-order chi connectivity index (χ0) is 14.5. The van der Waals surface area contributed by atoms with Crippen molar-refractivity contribution in [2.24, 2.45) is 0 Å². The minimum absolute atomic E-state index is 0.0748. The predicted octanol–water partition coefficient (Wildman–Crippen LogP) is 3.59. The molecule has 2 aromatic rings. The first-order valence-electron chi connectivity index (χ1n) is 6.84. The number of benzene rings is 1. The third-order valence-electron chi connectivity index (χ3n) is 3.33. The highest BCUT2D eigenvalue weighted by Gasteiger charge is 2.15. The molecular weight excluding hydrogens is 277 g/mol. The molecule has 0 spiro atoms. The molecule has 1 unspecified atom stereocenters. The second kappa shape index (κ2) is 6.86. The summed E-state index contributed by atoms with van der Waals surface area (Å²) < 4.78 is 15.4. The second-order valence-electron chi connectivity index (χ2n) is 4.62. The Hall–Kier alpha value is -1.39. The van der Waals surface area contributed by atoms with Crippen LogP contribution in [0.15, 0.2) is 30.6 Å². The number of hydrogen-bond acceptors (Lipinski definition) is 2. The Kier molecular flexibility index (Phi) is 5.15. The fraction of sp³-hybridized carbons (Fsp3) is 0.400. The summed E-state index contributed by atoms with van der Waals surface area (Å²) in [7, 11) is 0. The number of aromatic nitrogens is 2. The molecule has 1 N–H and O–H groups in total. The highest BCUT2D eigenvalue weighted by Crippen LogP contribution is 2.23. The summed E-state index contributed by atoms with van der Waals surface area (Å²) in [5, 5.41) is 3.56. The van der Waals surface area contributed by atoms with Crippen LogP contribution in [0.4, 0.5) is 4.39 Å². The maximum Gasteiger partial charge on any atom is 0.141 e. The summed E-state index contributed by atoms with van der Waals surface area (Å²) in [5.41, 5.74) is 0.976. The van der Waals surface area contributed by atoms with Crippen molar-refractivity contribution in [3.05, 3.63) is 52.8 Å². The van der Waals surface area contributed by atoms with Gasteiger partial charge in [-0.1, -0.05) is 24.6 Å². The van der Waals surface area contributed by atoms with Gasteiger partial charge in [-0.15, -0.1) is 0 Å². The molecule has 20 heavy (non-hydrogen) atoms. The smallest absolute Gasteiger partial charge is 0.141 e. The molecule has 1 aromatic carbocycles. The van der Waals surface area contributed by atoms with Crippen LogP contribution in [0.3, 0.4) is 0 Å². The minimum Gasteiger partial charge on any atom is -0.335 e. The van der Waals surface area contributed by atoms with Gasteiger partial charge in [-0.3, -0.25) is 0 Å². The maximum atomic E-state index is 13.3. The summed E-state index contributed by atoms with van der Waals surface area (Å²) >= 11 is 5.87. The minimum atomic E-state index is -0.388. The molecule has 0 saturated heterocycles. The molecular formula is C15H19ClFN3. The van der Waals surface area contributed by atoms with Crippen LogP contribution in [-0.2, 0) is 13.0 Å². The molecule has 0 bridgehead atoms. The van der Waals surface area contributed by atoms with Crippen LogP contribution in [0.5, 0.6) is 0 Å². The van der Waals surface area contributed by atoms with E-state index in [0.29, 0.717) is 0 Å². The van der Waals surface area contributed by atoms with Crippen LogP contribution in [-0.4, -0.2) is 16.1 Å². The molecule has 0 amide bonds. The summed E-state index contributed by atoms with van der Waals surface area (Å²) in [6, 6.07) is 4.94. The van der Waals surface area contributed by atoms with Crippen LogP contribution in [0.1, 0.15) is 31.3 Å². The van der Waals surface area contributed by atoms with E-state index in [2.05, 4.69) is 21.8 Å². The van der Waals surface area contributed by atoms with Crippen molar-refractivity contribution < 1.29 is 4.39 Å². The van der Waals surface area contributed by atoms with Crippen molar-refractivity contribution in [1.82, 2.24) is 14.9 Å². The van der Waals surface area contributed by atoms with Crippen molar-refractivity contribution in [3.63, 3.8) is 0 Å². The zero-order valence-electron chi connectivity index (χ0n) is 11.7.